The molecular formula is C18H29N5. The van der Waals surface area contributed by atoms with Gasteiger partial charge in [0.25, 0.3) is 0 Å². The number of hydrogen-bond donors (Lipinski definition) is 2. The highest BCUT2D eigenvalue weighted by Crippen LogP contribution is 2.17. The Bertz CT molecular complexity index is 487. The first kappa shape index (κ1) is 17.3. The lowest BCUT2D eigenvalue weighted by atomic mass is 10.2. The number of hydrogen-bond acceptors (Lipinski definition) is 3. The summed E-state index contributed by atoms with van der Waals surface area (Å²) in [5, 5.41) is 6.42. The Labute approximate surface area is 139 Å². The second-order valence-corrected chi connectivity index (χ2v) is 5.79. The molecule has 0 atom stereocenters. The summed E-state index contributed by atoms with van der Waals surface area (Å²) < 4.78 is 0. The van der Waals surface area contributed by atoms with Gasteiger partial charge >= 0.3 is 0 Å². The predicted octanol–water partition coefficient (Wildman–Crippen LogP) is 2.70. The van der Waals surface area contributed by atoms with Crippen LogP contribution in [0.4, 0.5) is 5.82 Å². The highest BCUT2D eigenvalue weighted by atomic mass is 15.2. The maximum absolute atomic E-state index is 4.63. The Morgan fingerprint density at radius 1 is 1.26 bits per heavy atom. The SMILES string of the molecule is C=CCNC(=NCc1ccc(N2CCCCCC2)nc1)NCC. The second kappa shape index (κ2) is 9.87. The monoisotopic (exact) mass is 315 g/mol. The highest BCUT2D eigenvalue weighted by molar-refractivity contribution is 5.79. The van der Waals surface area contributed by atoms with Crippen LogP contribution in [0.15, 0.2) is 36.0 Å². The largest absolute Gasteiger partial charge is 0.357 e. The van der Waals surface area contributed by atoms with Crippen molar-refractivity contribution in [2.75, 3.05) is 31.1 Å². The zero-order valence-corrected chi connectivity index (χ0v) is 14.2. The van der Waals surface area contributed by atoms with Crippen LogP contribution < -0.4 is 15.5 Å². The number of rotatable bonds is 6. The lowest BCUT2D eigenvalue weighted by Crippen LogP contribution is -2.37. The Morgan fingerprint density at radius 3 is 2.65 bits per heavy atom. The Kier molecular flexibility index (Phi) is 7.43. The van der Waals surface area contributed by atoms with E-state index >= 15 is 0 Å². The predicted molar refractivity (Wildman–Crippen MR) is 97.9 cm³/mol. The van der Waals surface area contributed by atoms with E-state index in [1.807, 2.05) is 12.3 Å². The van der Waals surface area contributed by atoms with Gasteiger partial charge in [0.15, 0.2) is 5.96 Å². The smallest absolute Gasteiger partial charge is 0.191 e. The Hall–Kier alpha value is -2.04. The molecule has 0 radical (unpaired) electrons. The van der Waals surface area contributed by atoms with E-state index in [4.69, 9.17) is 0 Å². The minimum absolute atomic E-state index is 0.625. The molecule has 2 heterocycles. The van der Waals surface area contributed by atoms with Crippen LogP contribution in [-0.4, -0.2) is 37.1 Å². The van der Waals surface area contributed by atoms with Crippen LogP contribution in [0.2, 0.25) is 0 Å². The third-order valence-corrected chi connectivity index (χ3v) is 3.92. The number of anilines is 1. The summed E-state index contributed by atoms with van der Waals surface area (Å²) in [6.07, 6.45) is 9.00. The second-order valence-electron chi connectivity index (χ2n) is 5.79. The van der Waals surface area contributed by atoms with Gasteiger partial charge in [-0.1, -0.05) is 25.0 Å². The van der Waals surface area contributed by atoms with Crippen molar-refractivity contribution in [1.29, 1.82) is 0 Å². The molecule has 1 fully saturated rings. The van der Waals surface area contributed by atoms with Crippen LogP contribution in [-0.2, 0) is 6.54 Å². The molecule has 0 aromatic carbocycles. The van der Waals surface area contributed by atoms with E-state index in [9.17, 15) is 0 Å². The fourth-order valence-corrected chi connectivity index (χ4v) is 2.68. The molecule has 5 nitrogen and oxygen atoms in total. The molecule has 0 saturated carbocycles. The molecule has 23 heavy (non-hydrogen) atoms. The molecule has 1 aromatic heterocycles. The van der Waals surface area contributed by atoms with E-state index in [-0.39, 0.29) is 0 Å². The van der Waals surface area contributed by atoms with Gasteiger partial charge in [-0.3, -0.25) is 0 Å². The molecule has 126 valence electrons. The van der Waals surface area contributed by atoms with Crippen molar-refractivity contribution in [3.05, 3.63) is 36.5 Å². The van der Waals surface area contributed by atoms with Crippen molar-refractivity contribution >= 4 is 11.8 Å². The molecule has 0 aliphatic carbocycles. The third-order valence-electron chi connectivity index (χ3n) is 3.92. The number of pyridine rings is 1. The number of guanidine groups is 1. The van der Waals surface area contributed by atoms with Crippen LogP contribution in [0, 0.1) is 0 Å². The zero-order chi connectivity index (χ0) is 16.3. The topological polar surface area (TPSA) is 52.6 Å². The van der Waals surface area contributed by atoms with Gasteiger partial charge < -0.3 is 15.5 Å². The van der Waals surface area contributed by atoms with Crippen LogP contribution in [0.1, 0.15) is 38.2 Å². The fourth-order valence-electron chi connectivity index (χ4n) is 2.68. The van der Waals surface area contributed by atoms with Crippen LogP contribution in [0.25, 0.3) is 0 Å². The van der Waals surface area contributed by atoms with Crippen LogP contribution in [0.5, 0.6) is 0 Å². The van der Waals surface area contributed by atoms with Crippen molar-refractivity contribution < 1.29 is 0 Å². The van der Waals surface area contributed by atoms with Crippen molar-refractivity contribution in [1.82, 2.24) is 15.6 Å². The summed E-state index contributed by atoms with van der Waals surface area (Å²) >= 11 is 0. The van der Waals surface area contributed by atoms with Crippen molar-refractivity contribution in [3.8, 4) is 0 Å². The molecule has 0 spiro atoms. The lowest BCUT2D eigenvalue weighted by molar-refractivity contribution is 0.726. The maximum atomic E-state index is 4.63. The minimum Gasteiger partial charge on any atom is -0.357 e. The Balaban J connectivity index is 1.93. The van der Waals surface area contributed by atoms with Gasteiger partial charge in [0.1, 0.15) is 5.82 Å². The van der Waals surface area contributed by atoms with E-state index < -0.39 is 0 Å². The average molecular weight is 315 g/mol. The van der Waals surface area contributed by atoms with Crippen LogP contribution >= 0.6 is 0 Å². The fraction of sp³-hybridized carbons (Fsp3) is 0.556. The van der Waals surface area contributed by atoms with E-state index in [1.165, 1.54) is 25.7 Å². The number of nitrogens with zero attached hydrogens (tertiary/aromatic N) is 3. The van der Waals surface area contributed by atoms with Crippen molar-refractivity contribution in [2.24, 2.45) is 4.99 Å². The molecule has 0 unspecified atom stereocenters. The summed E-state index contributed by atoms with van der Waals surface area (Å²) in [4.78, 5) is 11.6. The molecule has 0 amide bonds. The van der Waals surface area contributed by atoms with Gasteiger partial charge in [-0.2, -0.15) is 0 Å². The normalized spacial score (nSPS) is 15.9. The summed E-state index contributed by atoms with van der Waals surface area (Å²) in [6.45, 7) is 10.2. The number of aromatic nitrogens is 1. The number of nitrogens with one attached hydrogen (secondary N) is 2. The van der Waals surface area contributed by atoms with Crippen molar-refractivity contribution in [2.45, 2.75) is 39.2 Å². The standard InChI is InChI=1S/C18H29N5/c1-3-11-20-18(19-4-2)22-15-16-9-10-17(21-14-16)23-12-7-5-6-8-13-23/h3,9-10,14H,1,4-8,11-13,15H2,2H3,(H2,19,20,22). The van der Waals surface area contributed by atoms with E-state index in [0.29, 0.717) is 13.1 Å². The molecule has 2 N–H and O–H groups in total. The first-order valence-corrected chi connectivity index (χ1v) is 8.66. The summed E-state index contributed by atoms with van der Waals surface area (Å²) in [5.41, 5.74) is 1.12. The van der Waals surface area contributed by atoms with Gasteiger partial charge in [-0.25, -0.2) is 9.98 Å². The molecule has 1 saturated heterocycles. The summed E-state index contributed by atoms with van der Waals surface area (Å²) in [5.74, 6) is 1.90. The molecule has 1 aromatic rings. The van der Waals surface area contributed by atoms with Gasteiger partial charge in [0.2, 0.25) is 0 Å². The minimum atomic E-state index is 0.625. The van der Waals surface area contributed by atoms with E-state index in [2.05, 4.69) is 51.1 Å². The Morgan fingerprint density at radius 2 is 2.04 bits per heavy atom. The van der Waals surface area contributed by atoms with E-state index in [0.717, 1.165) is 37.0 Å². The molecule has 1 aliphatic rings. The molecule has 0 bridgehead atoms. The first-order valence-electron chi connectivity index (χ1n) is 8.66. The highest BCUT2D eigenvalue weighted by Gasteiger charge is 2.10. The average Bonchev–Trinajstić information content (AvgIpc) is 2.87. The quantitative estimate of drug-likeness (QED) is 0.481. The van der Waals surface area contributed by atoms with Crippen LogP contribution in [0.3, 0.4) is 0 Å². The van der Waals surface area contributed by atoms with Gasteiger partial charge in [0, 0.05) is 32.4 Å². The van der Waals surface area contributed by atoms with Gasteiger partial charge in [0.05, 0.1) is 6.54 Å². The first-order chi connectivity index (χ1) is 11.3. The molecule has 2 rings (SSSR count). The summed E-state index contributed by atoms with van der Waals surface area (Å²) in [6, 6.07) is 4.26. The lowest BCUT2D eigenvalue weighted by Gasteiger charge is -2.21. The zero-order valence-electron chi connectivity index (χ0n) is 14.2. The molecular weight excluding hydrogens is 286 g/mol. The molecule has 5 heteroatoms. The van der Waals surface area contributed by atoms with Gasteiger partial charge in [-0.05, 0) is 31.4 Å². The third kappa shape index (κ3) is 5.93. The van der Waals surface area contributed by atoms with E-state index in [1.54, 1.807) is 0 Å². The van der Waals surface area contributed by atoms with Gasteiger partial charge in [-0.15, -0.1) is 6.58 Å². The maximum Gasteiger partial charge on any atom is 0.191 e. The summed E-state index contributed by atoms with van der Waals surface area (Å²) in [7, 11) is 0. The molecule has 1 aliphatic heterocycles. The number of aliphatic imine (C=N–C) groups is 1. The van der Waals surface area contributed by atoms with Crippen molar-refractivity contribution in [3.63, 3.8) is 0 Å².